The SMILES string of the molecule is C=CCn1c(SCC(=O)Nc2sc3c(c2C#N)CCC(C)C3)nnc1-c1csc(C)c1CC. The molecule has 6 nitrogen and oxygen atoms in total. The van der Waals surface area contributed by atoms with Crippen LogP contribution in [0.2, 0.25) is 0 Å². The number of anilines is 1. The van der Waals surface area contributed by atoms with Crippen molar-refractivity contribution in [3.8, 4) is 17.5 Å². The molecule has 1 aliphatic carbocycles. The highest BCUT2D eigenvalue weighted by Gasteiger charge is 2.25. The molecular formula is C24H27N5OS3. The molecule has 172 valence electrons. The van der Waals surface area contributed by atoms with Crippen molar-refractivity contribution in [3.05, 3.63) is 44.5 Å². The van der Waals surface area contributed by atoms with Gasteiger partial charge in [0.15, 0.2) is 11.0 Å². The van der Waals surface area contributed by atoms with Crippen LogP contribution in [0, 0.1) is 24.2 Å². The number of hydrogen-bond donors (Lipinski definition) is 1. The van der Waals surface area contributed by atoms with E-state index in [1.807, 2.05) is 10.6 Å². The number of aromatic nitrogens is 3. The summed E-state index contributed by atoms with van der Waals surface area (Å²) < 4.78 is 2.01. The maximum atomic E-state index is 12.8. The summed E-state index contributed by atoms with van der Waals surface area (Å²) in [5.41, 5.74) is 4.14. The molecule has 33 heavy (non-hydrogen) atoms. The number of fused-ring (bicyclic) bond motifs is 1. The predicted molar refractivity (Wildman–Crippen MR) is 137 cm³/mol. The van der Waals surface area contributed by atoms with Crippen LogP contribution in [0.3, 0.4) is 0 Å². The number of thiophene rings is 2. The van der Waals surface area contributed by atoms with Crippen LogP contribution in [0.1, 0.15) is 46.7 Å². The van der Waals surface area contributed by atoms with Gasteiger partial charge in [-0.1, -0.05) is 31.7 Å². The van der Waals surface area contributed by atoms with Gasteiger partial charge in [-0.3, -0.25) is 9.36 Å². The lowest BCUT2D eigenvalue weighted by molar-refractivity contribution is -0.113. The Morgan fingerprint density at radius 2 is 2.30 bits per heavy atom. The van der Waals surface area contributed by atoms with E-state index >= 15 is 0 Å². The van der Waals surface area contributed by atoms with E-state index in [1.54, 1.807) is 22.7 Å². The normalized spacial score (nSPS) is 15.2. The van der Waals surface area contributed by atoms with Crippen molar-refractivity contribution < 1.29 is 4.79 Å². The third kappa shape index (κ3) is 4.79. The molecule has 1 atom stereocenters. The topological polar surface area (TPSA) is 83.6 Å². The molecule has 0 saturated carbocycles. The second-order valence-electron chi connectivity index (χ2n) is 8.25. The second kappa shape index (κ2) is 10.2. The highest BCUT2D eigenvalue weighted by Crippen LogP contribution is 2.39. The number of allylic oxidation sites excluding steroid dienone is 1. The predicted octanol–water partition coefficient (Wildman–Crippen LogP) is 5.85. The van der Waals surface area contributed by atoms with E-state index in [0.29, 0.717) is 28.2 Å². The molecule has 0 aliphatic heterocycles. The van der Waals surface area contributed by atoms with Gasteiger partial charge in [-0.15, -0.1) is 39.4 Å². The lowest BCUT2D eigenvalue weighted by Gasteiger charge is -2.17. The minimum absolute atomic E-state index is 0.140. The Labute approximate surface area is 206 Å². The second-order valence-corrected chi connectivity index (χ2v) is 11.4. The third-order valence-corrected chi connectivity index (χ3v) is 9.03. The fourth-order valence-electron chi connectivity index (χ4n) is 4.24. The van der Waals surface area contributed by atoms with E-state index in [-0.39, 0.29) is 11.7 Å². The van der Waals surface area contributed by atoms with Crippen molar-refractivity contribution in [3.63, 3.8) is 0 Å². The van der Waals surface area contributed by atoms with Gasteiger partial charge in [0.2, 0.25) is 5.91 Å². The standard InChI is InChI=1S/C24H27N5OS3/c1-5-9-29-22(19-12-31-15(4)16(19)6-2)27-28-24(29)32-13-21(30)26-23-18(11-25)17-8-7-14(3)10-20(17)33-23/h5,12,14H,1,6-10,13H2,2-4H3,(H,26,30). The van der Waals surface area contributed by atoms with E-state index < -0.39 is 0 Å². The monoisotopic (exact) mass is 497 g/mol. The molecule has 0 fully saturated rings. The van der Waals surface area contributed by atoms with E-state index in [9.17, 15) is 10.1 Å². The number of amides is 1. The average molecular weight is 498 g/mol. The number of hydrogen-bond acceptors (Lipinski definition) is 7. The zero-order chi connectivity index (χ0) is 23.5. The molecule has 1 amide bonds. The van der Waals surface area contributed by atoms with Crippen LogP contribution < -0.4 is 5.32 Å². The first-order valence-electron chi connectivity index (χ1n) is 11.0. The van der Waals surface area contributed by atoms with Crippen LogP contribution in [-0.2, 0) is 30.6 Å². The van der Waals surface area contributed by atoms with Gasteiger partial charge >= 0.3 is 0 Å². The molecular weight excluding hydrogens is 470 g/mol. The van der Waals surface area contributed by atoms with Gasteiger partial charge in [-0.25, -0.2) is 0 Å². The first kappa shape index (κ1) is 23.7. The molecule has 3 aromatic rings. The molecule has 3 aromatic heterocycles. The molecule has 1 aliphatic rings. The molecule has 0 bridgehead atoms. The molecule has 1 unspecified atom stereocenters. The first-order chi connectivity index (χ1) is 16.0. The largest absolute Gasteiger partial charge is 0.316 e. The molecule has 9 heteroatoms. The van der Waals surface area contributed by atoms with E-state index in [0.717, 1.165) is 42.6 Å². The fraction of sp³-hybridized carbons (Fsp3) is 0.417. The van der Waals surface area contributed by atoms with Gasteiger partial charge < -0.3 is 5.32 Å². The van der Waals surface area contributed by atoms with Crippen molar-refractivity contribution >= 4 is 45.3 Å². The lowest BCUT2D eigenvalue weighted by atomic mass is 9.89. The van der Waals surface area contributed by atoms with E-state index in [1.165, 1.54) is 27.1 Å². The molecule has 3 heterocycles. The minimum atomic E-state index is -0.140. The number of rotatable bonds is 8. The number of nitriles is 1. The van der Waals surface area contributed by atoms with Crippen molar-refractivity contribution in [1.82, 2.24) is 14.8 Å². The minimum Gasteiger partial charge on any atom is -0.316 e. The maximum Gasteiger partial charge on any atom is 0.235 e. The number of thioether (sulfide) groups is 1. The third-order valence-electron chi connectivity index (χ3n) is 5.94. The smallest absolute Gasteiger partial charge is 0.235 e. The van der Waals surface area contributed by atoms with Crippen LogP contribution in [0.25, 0.3) is 11.4 Å². The van der Waals surface area contributed by atoms with Gasteiger partial charge in [-0.2, -0.15) is 5.26 Å². The summed E-state index contributed by atoms with van der Waals surface area (Å²) in [6, 6.07) is 2.31. The Balaban J connectivity index is 1.50. The lowest BCUT2D eigenvalue weighted by Crippen LogP contribution is -2.15. The van der Waals surface area contributed by atoms with Crippen molar-refractivity contribution in [2.24, 2.45) is 5.92 Å². The summed E-state index contributed by atoms with van der Waals surface area (Å²) in [7, 11) is 0. The quantitative estimate of drug-likeness (QED) is 0.312. The molecule has 0 aromatic carbocycles. The number of nitrogens with zero attached hydrogens (tertiary/aromatic N) is 4. The van der Waals surface area contributed by atoms with Crippen molar-refractivity contribution in [2.75, 3.05) is 11.1 Å². The van der Waals surface area contributed by atoms with Crippen molar-refractivity contribution in [1.29, 1.82) is 5.26 Å². The van der Waals surface area contributed by atoms with Gasteiger partial charge in [0, 0.05) is 27.2 Å². The van der Waals surface area contributed by atoms with E-state index in [4.69, 9.17) is 0 Å². The Bertz CT molecular complexity index is 1230. The molecule has 1 N–H and O–H groups in total. The van der Waals surface area contributed by atoms with Crippen LogP contribution in [0.4, 0.5) is 5.00 Å². The van der Waals surface area contributed by atoms with Crippen LogP contribution in [-0.4, -0.2) is 26.4 Å². The van der Waals surface area contributed by atoms with Gasteiger partial charge in [0.05, 0.1) is 11.3 Å². The van der Waals surface area contributed by atoms with Gasteiger partial charge in [-0.05, 0) is 49.7 Å². The van der Waals surface area contributed by atoms with Crippen LogP contribution in [0.5, 0.6) is 0 Å². The highest BCUT2D eigenvalue weighted by molar-refractivity contribution is 7.99. The summed E-state index contributed by atoms with van der Waals surface area (Å²) >= 11 is 4.62. The highest BCUT2D eigenvalue weighted by atomic mass is 32.2. The fourth-order valence-corrected chi connectivity index (χ4v) is 7.31. The molecule has 0 radical (unpaired) electrons. The van der Waals surface area contributed by atoms with Crippen molar-refractivity contribution in [2.45, 2.75) is 58.2 Å². The Morgan fingerprint density at radius 1 is 1.48 bits per heavy atom. The Morgan fingerprint density at radius 3 is 3.03 bits per heavy atom. The summed E-state index contributed by atoms with van der Waals surface area (Å²) in [5, 5.41) is 25.0. The summed E-state index contributed by atoms with van der Waals surface area (Å²) in [4.78, 5) is 15.3. The number of carbonyl (C=O) groups excluding carboxylic acids is 1. The molecule has 4 rings (SSSR count). The van der Waals surface area contributed by atoms with Gasteiger partial charge in [0.25, 0.3) is 0 Å². The molecule has 0 saturated heterocycles. The average Bonchev–Trinajstić information content (AvgIpc) is 3.46. The number of carbonyl (C=O) groups is 1. The summed E-state index contributed by atoms with van der Waals surface area (Å²) in [6.45, 7) is 10.9. The van der Waals surface area contributed by atoms with Crippen LogP contribution >= 0.6 is 34.4 Å². The zero-order valence-corrected chi connectivity index (χ0v) is 21.6. The summed E-state index contributed by atoms with van der Waals surface area (Å²) in [5.74, 6) is 1.49. The first-order valence-corrected chi connectivity index (χ1v) is 13.7. The Kier molecular flexibility index (Phi) is 7.37. The summed E-state index contributed by atoms with van der Waals surface area (Å²) in [6.07, 6.45) is 5.73. The molecule has 0 spiro atoms. The Hall–Kier alpha value is -2.41. The van der Waals surface area contributed by atoms with Gasteiger partial charge in [0.1, 0.15) is 11.1 Å². The van der Waals surface area contributed by atoms with E-state index in [2.05, 4.69) is 54.3 Å². The maximum absolute atomic E-state index is 12.8. The van der Waals surface area contributed by atoms with Crippen LogP contribution in [0.15, 0.2) is 23.2 Å². The number of nitrogens with one attached hydrogen (secondary N) is 1. The number of aryl methyl sites for hydroxylation is 1. The zero-order valence-electron chi connectivity index (χ0n) is 19.1.